The summed E-state index contributed by atoms with van der Waals surface area (Å²) in [5.41, 5.74) is -0.248. The van der Waals surface area contributed by atoms with Crippen LogP contribution in [0.2, 0.25) is 0 Å². The lowest BCUT2D eigenvalue weighted by atomic mass is 10.1. The van der Waals surface area contributed by atoms with E-state index >= 15 is 0 Å². The molecule has 1 aliphatic rings. The standard InChI is InChI=1S/C26H27F4N3O3S/c1-17(2)14-32(24(34)19-6-4-8-21(27)12-19)15-23-13-31-25(33(23)22-9-10-22)37(35,36)16-18-5-3-7-20(11-18)26(28,29)30/h3-8,11-13,17,22H,9-10,14-16H2,1-2H3. The lowest BCUT2D eigenvalue weighted by molar-refractivity contribution is -0.137. The third-order valence-corrected chi connectivity index (χ3v) is 7.51. The molecule has 4 rings (SSSR count). The van der Waals surface area contributed by atoms with E-state index in [1.165, 1.54) is 41.4 Å². The molecule has 0 atom stereocenters. The molecule has 198 valence electrons. The van der Waals surface area contributed by atoms with Crippen LogP contribution in [0.3, 0.4) is 0 Å². The fourth-order valence-corrected chi connectivity index (χ4v) is 5.76. The van der Waals surface area contributed by atoms with Crippen LogP contribution >= 0.6 is 0 Å². The molecule has 6 nitrogen and oxygen atoms in total. The van der Waals surface area contributed by atoms with Gasteiger partial charge >= 0.3 is 6.18 Å². The van der Waals surface area contributed by atoms with Crippen LogP contribution in [0, 0.1) is 11.7 Å². The average Bonchev–Trinajstić information content (AvgIpc) is 3.56. The number of carbonyl (C=O) groups excluding carboxylic acids is 1. The number of rotatable bonds is 9. The molecule has 1 fully saturated rings. The SMILES string of the molecule is CC(C)CN(Cc1cnc(S(=O)(=O)Cc2cccc(C(F)(F)F)c2)n1C1CC1)C(=O)c1cccc(F)c1. The van der Waals surface area contributed by atoms with Gasteiger partial charge in [-0.3, -0.25) is 4.79 Å². The number of amides is 1. The van der Waals surface area contributed by atoms with Crippen LogP contribution < -0.4 is 0 Å². The van der Waals surface area contributed by atoms with Gasteiger partial charge in [0, 0.05) is 18.2 Å². The van der Waals surface area contributed by atoms with E-state index in [-0.39, 0.29) is 34.8 Å². The Morgan fingerprint density at radius 2 is 1.84 bits per heavy atom. The van der Waals surface area contributed by atoms with E-state index in [0.29, 0.717) is 12.2 Å². The first kappa shape index (κ1) is 26.8. The van der Waals surface area contributed by atoms with Gasteiger partial charge in [0.25, 0.3) is 5.91 Å². The average molecular weight is 538 g/mol. The number of benzene rings is 2. The van der Waals surface area contributed by atoms with Gasteiger partial charge in [-0.15, -0.1) is 0 Å². The number of hydrogen-bond donors (Lipinski definition) is 0. The van der Waals surface area contributed by atoms with Crippen molar-refractivity contribution in [2.24, 2.45) is 5.92 Å². The van der Waals surface area contributed by atoms with Crippen molar-refractivity contribution < 1.29 is 30.8 Å². The van der Waals surface area contributed by atoms with E-state index in [2.05, 4.69) is 4.98 Å². The van der Waals surface area contributed by atoms with Crippen molar-refractivity contribution in [2.45, 2.75) is 56.4 Å². The summed E-state index contributed by atoms with van der Waals surface area (Å²) in [6.45, 7) is 4.25. The van der Waals surface area contributed by atoms with Crippen molar-refractivity contribution in [3.05, 3.63) is 82.9 Å². The summed E-state index contributed by atoms with van der Waals surface area (Å²) in [5.74, 6) is -1.50. The molecule has 1 aromatic heterocycles. The molecule has 0 bridgehead atoms. The predicted molar refractivity (Wildman–Crippen MR) is 129 cm³/mol. The first-order chi connectivity index (χ1) is 17.3. The van der Waals surface area contributed by atoms with Crippen molar-refractivity contribution in [3.63, 3.8) is 0 Å². The Hall–Kier alpha value is -3.21. The molecular formula is C26H27F4N3O3S. The second kappa shape index (κ2) is 10.3. The number of carbonyl (C=O) groups is 1. The minimum atomic E-state index is -4.59. The number of nitrogens with zero attached hydrogens (tertiary/aromatic N) is 3. The summed E-state index contributed by atoms with van der Waals surface area (Å²) in [7, 11) is -4.10. The third kappa shape index (κ3) is 6.38. The van der Waals surface area contributed by atoms with Gasteiger partial charge in [-0.2, -0.15) is 13.2 Å². The second-order valence-electron chi connectivity index (χ2n) is 9.68. The van der Waals surface area contributed by atoms with Gasteiger partial charge in [0.2, 0.25) is 15.0 Å². The maximum absolute atomic E-state index is 13.7. The Morgan fingerprint density at radius 1 is 1.14 bits per heavy atom. The number of hydrogen-bond acceptors (Lipinski definition) is 4. The Kier molecular flexibility index (Phi) is 7.45. The van der Waals surface area contributed by atoms with E-state index in [9.17, 15) is 30.8 Å². The minimum absolute atomic E-state index is 0.00411. The maximum atomic E-state index is 13.7. The summed E-state index contributed by atoms with van der Waals surface area (Å²) in [6, 6.07) is 9.45. The quantitative estimate of drug-likeness (QED) is 0.331. The number of imidazole rings is 1. The zero-order chi connectivity index (χ0) is 27.0. The molecule has 0 aliphatic heterocycles. The molecule has 1 amide bonds. The Labute approximate surface area is 212 Å². The molecule has 3 aromatic rings. The largest absolute Gasteiger partial charge is 0.416 e. The van der Waals surface area contributed by atoms with Crippen molar-refractivity contribution in [1.29, 1.82) is 0 Å². The van der Waals surface area contributed by atoms with Gasteiger partial charge in [0.15, 0.2) is 0 Å². The van der Waals surface area contributed by atoms with Crippen molar-refractivity contribution in [3.8, 4) is 0 Å². The van der Waals surface area contributed by atoms with E-state index in [1.54, 1.807) is 4.57 Å². The highest BCUT2D eigenvalue weighted by Crippen LogP contribution is 2.39. The van der Waals surface area contributed by atoms with Crippen LogP contribution in [-0.2, 0) is 28.3 Å². The zero-order valence-corrected chi connectivity index (χ0v) is 21.2. The molecule has 0 unspecified atom stereocenters. The molecule has 0 radical (unpaired) electrons. The molecule has 0 N–H and O–H groups in total. The summed E-state index contributed by atoms with van der Waals surface area (Å²) >= 11 is 0. The highest BCUT2D eigenvalue weighted by Gasteiger charge is 2.35. The molecule has 0 saturated heterocycles. The van der Waals surface area contributed by atoms with Gasteiger partial charge < -0.3 is 9.47 Å². The van der Waals surface area contributed by atoms with Crippen molar-refractivity contribution >= 4 is 15.7 Å². The molecule has 2 aromatic carbocycles. The van der Waals surface area contributed by atoms with E-state index in [4.69, 9.17) is 0 Å². The number of halogens is 4. The predicted octanol–water partition coefficient (Wildman–Crippen LogP) is 5.65. The monoisotopic (exact) mass is 537 g/mol. The molecular weight excluding hydrogens is 510 g/mol. The first-order valence-electron chi connectivity index (χ1n) is 11.8. The van der Waals surface area contributed by atoms with E-state index in [0.717, 1.165) is 31.0 Å². The number of alkyl halides is 3. The number of sulfone groups is 1. The molecule has 37 heavy (non-hydrogen) atoms. The van der Waals surface area contributed by atoms with Crippen LogP contribution in [0.25, 0.3) is 0 Å². The Morgan fingerprint density at radius 3 is 2.46 bits per heavy atom. The van der Waals surface area contributed by atoms with E-state index < -0.39 is 39.1 Å². The van der Waals surface area contributed by atoms with Crippen LogP contribution in [0.5, 0.6) is 0 Å². The van der Waals surface area contributed by atoms with Crippen LogP contribution in [0.1, 0.15) is 59.9 Å². The highest BCUT2D eigenvalue weighted by atomic mass is 32.2. The summed E-state index contributed by atoms with van der Waals surface area (Å²) < 4.78 is 81.2. The summed E-state index contributed by atoms with van der Waals surface area (Å²) in [5, 5.41) is -0.231. The van der Waals surface area contributed by atoms with E-state index in [1.807, 2.05) is 13.8 Å². The van der Waals surface area contributed by atoms with Gasteiger partial charge in [0.05, 0.1) is 29.8 Å². The first-order valence-corrected chi connectivity index (χ1v) is 13.5. The smallest absolute Gasteiger partial charge is 0.333 e. The number of aromatic nitrogens is 2. The molecule has 1 heterocycles. The molecule has 0 spiro atoms. The van der Waals surface area contributed by atoms with Crippen molar-refractivity contribution in [2.75, 3.05) is 6.54 Å². The fourth-order valence-electron chi connectivity index (χ4n) is 4.23. The van der Waals surface area contributed by atoms with Gasteiger partial charge in [-0.25, -0.2) is 17.8 Å². The van der Waals surface area contributed by atoms with Crippen LogP contribution in [-0.4, -0.2) is 35.3 Å². The normalized spacial score (nSPS) is 14.2. The minimum Gasteiger partial charge on any atom is -0.333 e. The Balaban J connectivity index is 1.65. The topological polar surface area (TPSA) is 72.3 Å². The van der Waals surface area contributed by atoms with Gasteiger partial charge in [-0.05, 0) is 48.6 Å². The van der Waals surface area contributed by atoms with Gasteiger partial charge in [-0.1, -0.05) is 38.1 Å². The molecule has 1 aliphatic carbocycles. The highest BCUT2D eigenvalue weighted by molar-refractivity contribution is 7.90. The van der Waals surface area contributed by atoms with Crippen LogP contribution in [0.15, 0.2) is 59.9 Å². The molecule has 1 saturated carbocycles. The zero-order valence-electron chi connectivity index (χ0n) is 20.4. The van der Waals surface area contributed by atoms with Crippen molar-refractivity contribution in [1.82, 2.24) is 14.5 Å². The molecule has 11 heteroatoms. The summed E-state index contributed by atoms with van der Waals surface area (Å²) in [4.78, 5) is 18.9. The lowest BCUT2D eigenvalue weighted by Crippen LogP contribution is -2.34. The van der Waals surface area contributed by atoms with Gasteiger partial charge in [0.1, 0.15) is 5.82 Å². The maximum Gasteiger partial charge on any atom is 0.416 e. The summed E-state index contributed by atoms with van der Waals surface area (Å²) in [6.07, 6.45) is -1.76. The second-order valence-corrected chi connectivity index (χ2v) is 11.6. The lowest BCUT2D eigenvalue weighted by Gasteiger charge is -2.25. The Bertz CT molecular complexity index is 1400. The van der Waals surface area contributed by atoms with Crippen LogP contribution in [0.4, 0.5) is 17.6 Å². The fraction of sp³-hybridized carbons (Fsp3) is 0.385. The third-order valence-electron chi connectivity index (χ3n) is 5.94.